The highest BCUT2D eigenvalue weighted by molar-refractivity contribution is 6.30. The second kappa shape index (κ2) is 10.8. The van der Waals surface area contributed by atoms with Crippen molar-refractivity contribution >= 4 is 23.4 Å². The maximum absolute atomic E-state index is 12.4. The third-order valence-corrected chi connectivity index (χ3v) is 6.12. The molecule has 0 N–H and O–H groups in total. The third-order valence-electron chi connectivity index (χ3n) is 5.89. The molecule has 0 radical (unpaired) electrons. The van der Waals surface area contributed by atoms with Gasteiger partial charge in [0, 0.05) is 70.0 Å². The summed E-state index contributed by atoms with van der Waals surface area (Å²) in [5.41, 5.74) is 3.93. The van der Waals surface area contributed by atoms with Crippen molar-refractivity contribution in [3.05, 3.63) is 76.4 Å². The van der Waals surface area contributed by atoms with E-state index in [2.05, 4.69) is 11.0 Å². The van der Waals surface area contributed by atoms with Crippen LogP contribution in [0.15, 0.2) is 54.6 Å². The Balaban J connectivity index is 1.75. The first-order valence-electron chi connectivity index (χ1n) is 11.4. The van der Waals surface area contributed by atoms with Gasteiger partial charge in [-0.1, -0.05) is 54.1 Å². The molecule has 34 heavy (non-hydrogen) atoms. The minimum absolute atomic E-state index is 0.0338. The summed E-state index contributed by atoms with van der Waals surface area (Å²) in [5.74, 6) is 1.56. The molecule has 1 aromatic heterocycles. The number of halogens is 1. The van der Waals surface area contributed by atoms with E-state index in [1.54, 1.807) is 26.1 Å². The van der Waals surface area contributed by atoms with Crippen molar-refractivity contribution in [3.63, 3.8) is 0 Å². The number of rotatable bonds is 6. The quantitative estimate of drug-likeness (QED) is 0.526. The molecule has 8 heteroatoms. The van der Waals surface area contributed by atoms with E-state index in [1.807, 2.05) is 53.4 Å². The number of carbonyl (C=O) groups excluding carboxylic acids is 1. The molecule has 2 aromatic carbocycles. The molecule has 1 aliphatic rings. The summed E-state index contributed by atoms with van der Waals surface area (Å²) in [7, 11) is 5.25. The lowest BCUT2D eigenvalue weighted by Gasteiger charge is -2.37. The van der Waals surface area contributed by atoms with Crippen molar-refractivity contribution in [2.24, 2.45) is 0 Å². The molecule has 0 aliphatic carbocycles. The molecule has 0 saturated carbocycles. The summed E-state index contributed by atoms with van der Waals surface area (Å²) in [4.78, 5) is 28.1. The molecule has 2 heterocycles. The SMILES string of the molecule is COCc1nc(-c2ccccc2)nc(N2CCN(C(=O)N(C)C)CC2)c1Cc1cccc(Cl)c1. The van der Waals surface area contributed by atoms with Gasteiger partial charge in [-0.3, -0.25) is 0 Å². The number of hydrogen-bond acceptors (Lipinski definition) is 5. The van der Waals surface area contributed by atoms with Crippen molar-refractivity contribution in [2.45, 2.75) is 13.0 Å². The standard InChI is InChI=1S/C26H30ClN5O2/c1-30(2)26(33)32-14-12-31(13-15-32)25-22(17-19-8-7-11-21(27)16-19)23(18-34-3)28-24(29-25)20-9-5-4-6-10-20/h4-11,16H,12-15,17-18H2,1-3H3. The van der Waals surface area contributed by atoms with Gasteiger partial charge in [0.15, 0.2) is 5.82 Å². The Hall–Kier alpha value is -3.16. The number of anilines is 1. The van der Waals surface area contributed by atoms with E-state index in [-0.39, 0.29) is 6.03 Å². The molecule has 4 rings (SSSR count). The molecule has 1 aliphatic heterocycles. The fraction of sp³-hybridized carbons (Fsp3) is 0.346. The van der Waals surface area contributed by atoms with Crippen LogP contribution in [0, 0.1) is 0 Å². The van der Waals surface area contributed by atoms with Crippen LogP contribution in [0.1, 0.15) is 16.8 Å². The molecular weight excluding hydrogens is 450 g/mol. The van der Waals surface area contributed by atoms with E-state index >= 15 is 0 Å². The van der Waals surface area contributed by atoms with Crippen molar-refractivity contribution in [1.29, 1.82) is 0 Å². The van der Waals surface area contributed by atoms with E-state index in [0.29, 0.717) is 50.1 Å². The number of urea groups is 1. The number of piperazine rings is 1. The summed E-state index contributed by atoms with van der Waals surface area (Å²) < 4.78 is 5.54. The molecule has 3 aromatic rings. The highest BCUT2D eigenvalue weighted by Crippen LogP contribution is 2.29. The Morgan fingerprint density at radius 3 is 2.41 bits per heavy atom. The Morgan fingerprint density at radius 2 is 1.76 bits per heavy atom. The van der Waals surface area contributed by atoms with Crippen LogP contribution in [0.25, 0.3) is 11.4 Å². The number of nitrogens with zero attached hydrogens (tertiary/aromatic N) is 5. The lowest BCUT2D eigenvalue weighted by molar-refractivity contribution is 0.167. The maximum Gasteiger partial charge on any atom is 0.319 e. The first-order chi connectivity index (χ1) is 16.5. The normalized spacial score (nSPS) is 13.8. The van der Waals surface area contributed by atoms with Crippen LogP contribution in [0.3, 0.4) is 0 Å². The number of methoxy groups -OCH3 is 1. The molecular formula is C26H30ClN5O2. The van der Waals surface area contributed by atoms with Crippen molar-refractivity contribution in [1.82, 2.24) is 19.8 Å². The minimum atomic E-state index is 0.0338. The fourth-order valence-electron chi connectivity index (χ4n) is 4.18. The van der Waals surface area contributed by atoms with Crippen LogP contribution < -0.4 is 4.90 Å². The van der Waals surface area contributed by atoms with Gasteiger partial charge in [0.2, 0.25) is 0 Å². The zero-order valence-corrected chi connectivity index (χ0v) is 20.6. The van der Waals surface area contributed by atoms with Gasteiger partial charge < -0.3 is 19.4 Å². The summed E-state index contributed by atoms with van der Waals surface area (Å²) in [6.07, 6.45) is 0.639. The number of ether oxygens (including phenoxy) is 1. The summed E-state index contributed by atoms with van der Waals surface area (Å²) >= 11 is 6.27. The monoisotopic (exact) mass is 479 g/mol. The molecule has 1 saturated heterocycles. The van der Waals surface area contributed by atoms with Crippen LogP contribution in [0.4, 0.5) is 10.6 Å². The molecule has 0 unspecified atom stereocenters. The molecule has 2 amide bonds. The second-order valence-electron chi connectivity index (χ2n) is 8.55. The molecule has 1 fully saturated rings. The second-order valence-corrected chi connectivity index (χ2v) is 8.99. The highest BCUT2D eigenvalue weighted by Gasteiger charge is 2.26. The van der Waals surface area contributed by atoms with Gasteiger partial charge in [0.25, 0.3) is 0 Å². The molecule has 178 valence electrons. The van der Waals surface area contributed by atoms with Gasteiger partial charge in [-0.15, -0.1) is 0 Å². The van der Waals surface area contributed by atoms with Gasteiger partial charge in [0.1, 0.15) is 5.82 Å². The number of hydrogen-bond donors (Lipinski definition) is 0. The Labute approximate surface area is 205 Å². The predicted molar refractivity (Wildman–Crippen MR) is 135 cm³/mol. The molecule has 0 spiro atoms. The van der Waals surface area contributed by atoms with Crippen molar-refractivity contribution < 1.29 is 9.53 Å². The van der Waals surface area contributed by atoms with Gasteiger partial charge in [0.05, 0.1) is 12.3 Å². The largest absolute Gasteiger partial charge is 0.378 e. The summed E-state index contributed by atoms with van der Waals surface area (Å²) in [5, 5.41) is 0.699. The van der Waals surface area contributed by atoms with E-state index in [0.717, 1.165) is 28.2 Å². The maximum atomic E-state index is 12.4. The zero-order valence-electron chi connectivity index (χ0n) is 19.9. The number of carbonyl (C=O) groups is 1. The van der Waals surface area contributed by atoms with Gasteiger partial charge >= 0.3 is 6.03 Å². The average Bonchev–Trinajstić information content (AvgIpc) is 2.85. The van der Waals surface area contributed by atoms with Gasteiger partial charge in [-0.25, -0.2) is 14.8 Å². The van der Waals surface area contributed by atoms with E-state index in [9.17, 15) is 4.79 Å². The van der Waals surface area contributed by atoms with Crippen LogP contribution >= 0.6 is 11.6 Å². The number of aromatic nitrogens is 2. The van der Waals surface area contributed by atoms with Crippen molar-refractivity contribution in [2.75, 3.05) is 52.3 Å². The van der Waals surface area contributed by atoms with Gasteiger partial charge in [-0.05, 0) is 17.7 Å². The lowest BCUT2D eigenvalue weighted by Crippen LogP contribution is -2.52. The van der Waals surface area contributed by atoms with Crippen LogP contribution in [-0.4, -0.2) is 73.2 Å². The predicted octanol–water partition coefficient (Wildman–Crippen LogP) is 4.34. The zero-order chi connectivity index (χ0) is 24.1. The van der Waals surface area contributed by atoms with Crippen molar-refractivity contribution in [3.8, 4) is 11.4 Å². The molecule has 0 atom stereocenters. The molecule has 7 nitrogen and oxygen atoms in total. The first-order valence-corrected chi connectivity index (χ1v) is 11.7. The van der Waals surface area contributed by atoms with E-state index < -0.39 is 0 Å². The lowest BCUT2D eigenvalue weighted by atomic mass is 10.0. The van der Waals surface area contributed by atoms with E-state index in [1.165, 1.54) is 0 Å². The molecule has 0 bridgehead atoms. The Kier molecular flexibility index (Phi) is 7.65. The first kappa shape index (κ1) is 24.0. The number of amides is 2. The van der Waals surface area contributed by atoms with Gasteiger partial charge in [-0.2, -0.15) is 0 Å². The van der Waals surface area contributed by atoms with Crippen LogP contribution in [-0.2, 0) is 17.8 Å². The fourth-order valence-corrected chi connectivity index (χ4v) is 4.39. The highest BCUT2D eigenvalue weighted by atomic mass is 35.5. The Morgan fingerprint density at radius 1 is 1.03 bits per heavy atom. The Bertz CT molecular complexity index is 1130. The number of benzene rings is 2. The van der Waals surface area contributed by atoms with Crippen LogP contribution in [0.2, 0.25) is 5.02 Å². The van der Waals surface area contributed by atoms with E-state index in [4.69, 9.17) is 26.3 Å². The average molecular weight is 480 g/mol. The van der Waals surface area contributed by atoms with Crippen LogP contribution in [0.5, 0.6) is 0 Å². The summed E-state index contributed by atoms with van der Waals surface area (Å²) in [6, 6.07) is 17.9. The topological polar surface area (TPSA) is 61.8 Å². The third kappa shape index (κ3) is 5.48. The minimum Gasteiger partial charge on any atom is -0.378 e. The summed E-state index contributed by atoms with van der Waals surface area (Å²) in [6.45, 7) is 3.04. The smallest absolute Gasteiger partial charge is 0.319 e.